The molecule has 2 aliphatic rings. The lowest BCUT2D eigenvalue weighted by Crippen LogP contribution is -2.54. The minimum Gasteiger partial charge on any atom is -0.483 e. The van der Waals surface area contributed by atoms with Gasteiger partial charge in [0.25, 0.3) is 17.7 Å². The van der Waals surface area contributed by atoms with E-state index in [1.165, 1.54) is 18.2 Å². The second-order valence-corrected chi connectivity index (χ2v) is 7.28. The second kappa shape index (κ2) is 14.6. The Hall–Kier alpha value is -2.77. The maximum Gasteiger partial charge on any atom is 0.266 e. The number of carbonyl (C=O) groups is 5. The predicted molar refractivity (Wildman–Crippen MR) is 127 cm³/mol. The monoisotopic (exact) mass is 534 g/mol. The number of nitrogens with one attached hydrogen (secondary N) is 2. The molecule has 1 aromatic carbocycles. The molecule has 0 aromatic heterocycles. The lowest BCUT2D eigenvalue weighted by molar-refractivity contribution is -0.136. The van der Waals surface area contributed by atoms with Gasteiger partial charge in [-0.2, -0.15) is 0 Å². The third-order valence-corrected chi connectivity index (χ3v) is 4.99. The van der Waals surface area contributed by atoms with Gasteiger partial charge in [-0.05, 0) is 18.6 Å². The molecule has 1 atom stereocenters. The fraction of sp³-hybridized carbons (Fsp3) is 0.476. The number of halogens is 2. The molecule has 2 heterocycles. The molecule has 5 amide bonds. The molecule has 3 rings (SSSR count). The van der Waals surface area contributed by atoms with Gasteiger partial charge in [0.15, 0.2) is 6.61 Å². The zero-order chi connectivity index (χ0) is 23.8. The Morgan fingerprint density at radius 1 is 1.06 bits per heavy atom. The van der Waals surface area contributed by atoms with E-state index in [9.17, 15) is 24.0 Å². The highest BCUT2D eigenvalue weighted by Crippen LogP contribution is 2.33. The highest BCUT2D eigenvalue weighted by molar-refractivity contribution is 6.24. The number of rotatable bonds is 12. The average Bonchev–Trinajstić information content (AvgIpc) is 3.05. The summed E-state index contributed by atoms with van der Waals surface area (Å²) in [4.78, 5) is 62.2. The van der Waals surface area contributed by atoms with Crippen LogP contribution in [0.3, 0.4) is 0 Å². The zero-order valence-corrected chi connectivity index (χ0v) is 20.4. The first-order chi connectivity index (χ1) is 15.9. The molecule has 4 N–H and O–H groups in total. The fourth-order valence-electron chi connectivity index (χ4n) is 3.47. The highest BCUT2D eigenvalue weighted by Gasteiger charge is 2.46. The van der Waals surface area contributed by atoms with E-state index in [1.54, 1.807) is 0 Å². The molecular formula is C21H28Cl2N4O8. The largest absolute Gasteiger partial charge is 0.483 e. The van der Waals surface area contributed by atoms with Crippen molar-refractivity contribution in [2.75, 3.05) is 46.1 Å². The van der Waals surface area contributed by atoms with Crippen LogP contribution < -0.4 is 21.1 Å². The van der Waals surface area contributed by atoms with Crippen molar-refractivity contribution in [3.05, 3.63) is 29.3 Å². The number of amides is 5. The van der Waals surface area contributed by atoms with Crippen molar-refractivity contribution in [3.63, 3.8) is 0 Å². The van der Waals surface area contributed by atoms with E-state index in [1.807, 2.05) is 0 Å². The topological polar surface area (TPSA) is 166 Å². The van der Waals surface area contributed by atoms with Gasteiger partial charge < -0.3 is 25.3 Å². The summed E-state index contributed by atoms with van der Waals surface area (Å²) in [5.74, 6) is -2.87. The van der Waals surface area contributed by atoms with Crippen LogP contribution in [0.2, 0.25) is 0 Å². The SMILES string of the molecule is Cl.Cl.NCCOCCOCCNC(=O)COc1cccc2c1C(=O)N(C1CCC(=O)NC1=O)C2=O. The molecule has 14 heteroatoms. The number of carbonyl (C=O) groups excluding carboxylic acids is 5. The molecule has 12 nitrogen and oxygen atoms in total. The fourth-order valence-corrected chi connectivity index (χ4v) is 3.47. The quantitative estimate of drug-likeness (QED) is 0.234. The van der Waals surface area contributed by atoms with Crippen LogP contribution in [0.25, 0.3) is 0 Å². The molecule has 35 heavy (non-hydrogen) atoms. The first-order valence-corrected chi connectivity index (χ1v) is 10.5. The smallest absolute Gasteiger partial charge is 0.266 e. The molecule has 2 aliphatic heterocycles. The molecule has 1 unspecified atom stereocenters. The summed E-state index contributed by atoms with van der Waals surface area (Å²) in [6, 6.07) is 3.36. The van der Waals surface area contributed by atoms with Crippen molar-refractivity contribution < 1.29 is 38.2 Å². The van der Waals surface area contributed by atoms with Crippen LogP contribution in [0.4, 0.5) is 0 Å². The third-order valence-electron chi connectivity index (χ3n) is 4.99. The van der Waals surface area contributed by atoms with E-state index in [4.69, 9.17) is 19.9 Å². The molecule has 1 saturated heterocycles. The molecule has 1 fully saturated rings. The van der Waals surface area contributed by atoms with Gasteiger partial charge in [-0.25, -0.2) is 0 Å². The van der Waals surface area contributed by atoms with E-state index in [-0.39, 0.29) is 74.3 Å². The molecule has 1 aromatic rings. The third kappa shape index (κ3) is 7.61. The van der Waals surface area contributed by atoms with Gasteiger partial charge in [0.05, 0.1) is 37.6 Å². The van der Waals surface area contributed by atoms with E-state index in [0.717, 1.165) is 4.90 Å². The average molecular weight is 535 g/mol. The van der Waals surface area contributed by atoms with E-state index in [2.05, 4.69) is 10.6 Å². The van der Waals surface area contributed by atoms with Crippen LogP contribution in [-0.4, -0.2) is 86.6 Å². The number of hydrogen-bond acceptors (Lipinski definition) is 9. The number of nitrogens with zero attached hydrogens (tertiary/aromatic N) is 1. The Balaban J connectivity index is 0.00000306. The van der Waals surface area contributed by atoms with Crippen LogP contribution in [0, 0.1) is 0 Å². The van der Waals surface area contributed by atoms with E-state index < -0.39 is 35.6 Å². The summed E-state index contributed by atoms with van der Waals surface area (Å²) in [5, 5.41) is 4.76. The van der Waals surface area contributed by atoms with Gasteiger partial charge >= 0.3 is 0 Å². The van der Waals surface area contributed by atoms with E-state index in [0.29, 0.717) is 26.4 Å². The number of imide groups is 2. The summed E-state index contributed by atoms with van der Waals surface area (Å²) < 4.78 is 16.0. The van der Waals surface area contributed by atoms with Gasteiger partial charge in [0, 0.05) is 19.5 Å². The summed E-state index contributed by atoms with van der Waals surface area (Å²) in [7, 11) is 0. The van der Waals surface area contributed by atoms with Crippen molar-refractivity contribution in [1.82, 2.24) is 15.5 Å². The minimum atomic E-state index is -1.08. The van der Waals surface area contributed by atoms with Gasteiger partial charge in [0.1, 0.15) is 11.8 Å². The first-order valence-electron chi connectivity index (χ1n) is 10.5. The van der Waals surface area contributed by atoms with Crippen molar-refractivity contribution >= 4 is 54.3 Å². The number of benzene rings is 1. The Kier molecular flexibility index (Phi) is 12.6. The normalized spacial score (nSPS) is 16.7. The van der Waals surface area contributed by atoms with Crippen molar-refractivity contribution in [2.24, 2.45) is 5.73 Å². The summed E-state index contributed by atoms with van der Waals surface area (Å²) in [6.07, 6.45) is 0.0771. The van der Waals surface area contributed by atoms with Gasteiger partial charge in [-0.3, -0.25) is 34.2 Å². The van der Waals surface area contributed by atoms with Gasteiger partial charge in [-0.15, -0.1) is 24.8 Å². The van der Waals surface area contributed by atoms with Crippen molar-refractivity contribution in [3.8, 4) is 5.75 Å². The lowest BCUT2D eigenvalue weighted by Gasteiger charge is -2.27. The van der Waals surface area contributed by atoms with E-state index >= 15 is 0 Å². The van der Waals surface area contributed by atoms with Crippen LogP contribution in [0.1, 0.15) is 33.6 Å². The Morgan fingerprint density at radius 3 is 2.46 bits per heavy atom. The van der Waals surface area contributed by atoms with Crippen LogP contribution >= 0.6 is 24.8 Å². The second-order valence-electron chi connectivity index (χ2n) is 7.28. The maximum absolute atomic E-state index is 13.0. The molecule has 0 radical (unpaired) electrons. The van der Waals surface area contributed by atoms with Crippen molar-refractivity contribution in [2.45, 2.75) is 18.9 Å². The predicted octanol–water partition coefficient (Wildman–Crippen LogP) is -0.582. The molecule has 0 bridgehead atoms. The molecule has 0 saturated carbocycles. The lowest BCUT2D eigenvalue weighted by atomic mass is 10.0. The number of piperidine rings is 1. The molecule has 194 valence electrons. The van der Waals surface area contributed by atoms with Crippen LogP contribution in [-0.2, 0) is 23.9 Å². The Morgan fingerprint density at radius 2 is 1.77 bits per heavy atom. The standard InChI is InChI=1S/C21H26N4O8.2ClH/c22-6-8-31-10-11-32-9-7-23-17(27)12-33-15-3-1-2-13-18(15)21(30)25(20(13)29)14-4-5-16(26)24-19(14)28;;/h1-3,14H,4-12,22H2,(H,23,27)(H,24,26,28);2*1H. The summed E-state index contributed by atoms with van der Waals surface area (Å²) >= 11 is 0. The highest BCUT2D eigenvalue weighted by atomic mass is 35.5. The zero-order valence-electron chi connectivity index (χ0n) is 18.8. The molecular weight excluding hydrogens is 507 g/mol. The number of nitrogens with two attached hydrogens (primary N) is 1. The van der Waals surface area contributed by atoms with Gasteiger partial charge in [-0.1, -0.05) is 6.07 Å². The number of fused-ring (bicyclic) bond motifs is 1. The van der Waals surface area contributed by atoms with Gasteiger partial charge in [0.2, 0.25) is 11.8 Å². The summed E-state index contributed by atoms with van der Waals surface area (Å²) in [5.41, 5.74) is 5.36. The number of ether oxygens (including phenoxy) is 3. The molecule has 0 aliphatic carbocycles. The van der Waals surface area contributed by atoms with Crippen molar-refractivity contribution in [1.29, 1.82) is 0 Å². The van der Waals surface area contributed by atoms with Crippen LogP contribution in [0.5, 0.6) is 5.75 Å². The van der Waals surface area contributed by atoms with Crippen LogP contribution in [0.15, 0.2) is 18.2 Å². The first kappa shape index (κ1) is 30.3. The Bertz CT molecular complexity index is 946. The maximum atomic E-state index is 13.0. The molecule has 0 spiro atoms. The minimum absolute atomic E-state index is 0. The number of hydrogen-bond donors (Lipinski definition) is 3. The Labute approximate surface area is 214 Å². The summed E-state index contributed by atoms with van der Waals surface area (Å²) in [6.45, 7) is 1.85.